The van der Waals surface area contributed by atoms with E-state index < -0.39 is 5.54 Å². The van der Waals surface area contributed by atoms with Crippen molar-refractivity contribution in [3.05, 3.63) is 70.8 Å². The van der Waals surface area contributed by atoms with Gasteiger partial charge in [0.05, 0.1) is 0 Å². The minimum Gasteiger partial charge on any atom is -0.315 e. The van der Waals surface area contributed by atoms with Gasteiger partial charge in [-0.3, -0.25) is 9.69 Å². The number of benzene rings is 2. The molecule has 130 valence electrons. The fourth-order valence-electron chi connectivity index (χ4n) is 3.16. The van der Waals surface area contributed by atoms with E-state index in [1.54, 1.807) is 0 Å². The van der Waals surface area contributed by atoms with Gasteiger partial charge in [0.15, 0.2) is 5.54 Å². The molecule has 25 heavy (non-hydrogen) atoms. The van der Waals surface area contributed by atoms with Crippen LogP contribution in [0.2, 0.25) is 0 Å². The molecule has 0 radical (unpaired) electrons. The average Bonchev–Trinajstić information content (AvgIpc) is 2.86. The third kappa shape index (κ3) is 3.09. The van der Waals surface area contributed by atoms with Gasteiger partial charge < -0.3 is 5.32 Å². The van der Waals surface area contributed by atoms with Gasteiger partial charge in [0.1, 0.15) is 0 Å². The summed E-state index contributed by atoms with van der Waals surface area (Å²) in [5.41, 5.74) is 2.61. The van der Waals surface area contributed by atoms with E-state index >= 15 is 0 Å². The van der Waals surface area contributed by atoms with Crippen LogP contribution in [0.3, 0.4) is 0 Å². The lowest BCUT2D eigenvalue weighted by Gasteiger charge is -2.28. The highest BCUT2D eigenvalue weighted by molar-refractivity contribution is 9.09. The second kappa shape index (κ2) is 7.00. The van der Waals surface area contributed by atoms with Gasteiger partial charge in [0.25, 0.3) is 5.91 Å². The van der Waals surface area contributed by atoms with Crippen LogP contribution in [0, 0.1) is 13.8 Å². The number of carbonyl (C=O) groups excluding carboxylic acids is 2. The lowest BCUT2D eigenvalue weighted by molar-refractivity contribution is -0.130. The van der Waals surface area contributed by atoms with E-state index in [4.69, 9.17) is 0 Å². The number of halogens is 1. The summed E-state index contributed by atoms with van der Waals surface area (Å²) in [7, 11) is 0. The Hall–Kier alpha value is -2.14. The van der Waals surface area contributed by atoms with Gasteiger partial charge in [-0.1, -0.05) is 75.6 Å². The first kappa shape index (κ1) is 17.7. The molecule has 5 heteroatoms. The average molecular weight is 401 g/mol. The number of rotatable bonds is 5. The molecule has 1 saturated heterocycles. The molecule has 0 saturated carbocycles. The Bertz CT molecular complexity index is 739. The van der Waals surface area contributed by atoms with E-state index in [0.717, 1.165) is 34.0 Å². The van der Waals surface area contributed by atoms with Gasteiger partial charge in [-0.05, 0) is 31.4 Å². The standard InChI is InChI=1S/C20H21BrN2O2/c1-14-4-8-16(9-5-14)20(17-10-6-15(2)7-11-17)18(24)23(13-3-12-21)19(25)22-20/h4-11H,3,12-13H2,1-2H3,(H,22,25). The molecule has 1 aliphatic heterocycles. The number of alkyl halides is 1. The summed E-state index contributed by atoms with van der Waals surface area (Å²) in [5.74, 6) is -0.217. The Morgan fingerprint density at radius 1 is 0.920 bits per heavy atom. The molecule has 2 aromatic rings. The maximum absolute atomic E-state index is 13.3. The Labute approximate surface area is 156 Å². The number of aryl methyl sites for hydroxylation is 2. The van der Waals surface area contributed by atoms with Crippen LogP contribution in [-0.4, -0.2) is 28.7 Å². The normalized spacial score (nSPS) is 16.2. The summed E-state index contributed by atoms with van der Waals surface area (Å²) < 4.78 is 0. The number of hydrogen-bond acceptors (Lipinski definition) is 2. The monoisotopic (exact) mass is 400 g/mol. The first-order valence-corrected chi connectivity index (χ1v) is 9.45. The third-order valence-corrected chi connectivity index (χ3v) is 5.15. The number of imide groups is 1. The predicted molar refractivity (Wildman–Crippen MR) is 102 cm³/mol. The molecule has 2 aromatic carbocycles. The first-order valence-electron chi connectivity index (χ1n) is 8.33. The van der Waals surface area contributed by atoms with E-state index in [1.807, 2.05) is 62.4 Å². The molecule has 0 spiro atoms. The molecule has 0 aromatic heterocycles. The molecule has 0 aliphatic carbocycles. The highest BCUT2D eigenvalue weighted by Gasteiger charge is 2.53. The molecule has 0 atom stereocenters. The molecule has 0 bridgehead atoms. The quantitative estimate of drug-likeness (QED) is 0.611. The smallest absolute Gasteiger partial charge is 0.315 e. The SMILES string of the molecule is Cc1ccc(C2(c3ccc(C)cc3)NC(=O)N(CCCBr)C2=O)cc1. The molecule has 1 aliphatic rings. The molecule has 4 nitrogen and oxygen atoms in total. The molecule has 0 unspecified atom stereocenters. The van der Waals surface area contributed by atoms with Crippen molar-refractivity contribution in [1.82, 2.24) is 10.2 Å². The van der Waals surface area contributed by atoms with Gasteiger partial charge >= 0.3 is 6.03 Å². The summed E-state index contributed by atoms with van der Waals surface area (Å²) in [5, 5.41) is 3.71. The minimum atomic E-state index is -1.16. The molecular formula is C20H21BrN2O2. The molecule has 1 heterocycles. The van der Waals surface area contributed by atoms with Crippen molar-refractivity contribution in [1.29, 1.82) is 0 Å². The van der Waals surface area contributed by atoms with Crippen LogP contribution in [0.4, 0.5) is 4.79 Å². The van der Waals surface area contributed by atoms with Crippen molar-refractivity contribution in [2.45, 2.75) is 25.8 Å². The lowest BCUT2D eigenvalue weighted by Crippen LogP contribution is -2.45. The van der Waals surface area contributed by atoms with Crippen molar-refractivity contribution >= 4 is 27.9 Å². The van der Waals surface area contributed by atoms with E-state index in [9.17, 15) is 9.59 Å². The number of nitrogens with one attached hydrogen (secondary N) is 1. The van der Waals surface area contributed by atoms with Crippen LogP contribution in [0.5, 0.6) is 0 Å². The van der Waals surface area contributed by atoms with Gasteiger partial charge in [0, 0.05) is 11.9 Å². The van der Waals surface area contributed by atoms with Crippen molar-refractivity contribution < 1.29 is 9.59 Å². The number of nitrogens with zero attached hydrogens (tertiary/aromatic N) is 1. The Morgan fingerprint density at radius 3 is 1.84 bits per heavy atom. The summed E-state index contributed by atoms with van der Waals surface area (Å²) in [6.45, 7) is 4.40. The topological polar surface area (TPSA) is 49.4 Å². The molecule has 3 amide bonds. The molecule has 1 N–H and O–H groups in total. The third-order valence-electron chi connectivity index (χ3n) is 4.59. The molecule has 1 fully saturated rings. The van der Waals surface area contributed by atoms with Crippen LogP contribution < -0.4 is 5.32 Å². The van der Waals surface area contributed by atoms with Crippen molar-refractivity contribution in [3.63, 3.8) is 0 Å². The Kier molecular flexibility index (Phi) is 4.95. The Morgan fingerprint density at radius 2 is 1.40 bits per heavy atom. The number of carbonyl (C=O) groups is 2. The largest absolute Gasteiger partial charge is 0.325 e. The lowest BCUT2D eigenvalue weighted by atomic mass is 9.82. The Balaban J connectivity index is 2.13. The van der Waals surface area contributed by atoms with Crippen molar-refractivity contribution in [2.75, 3.05) is 11.9 Å². The molecular weight excluding hydrogens is 380 g/mol. The fourth-order valence-corrected chi connectivity index (χ4v) is 3.41. The second-order valence-electron chi connectivity index (χ2n) is 6.41. The maximum atomic E-state index is 13.3. The van der Waals surface area contributed by atoms with Crippen LogP contribution in [0.15, 0.2) is 48.5 Å². The summed E-state index contributed by atoms with van der Waals surface area (Å²) in [6, 6.07) is 15.2. The predicted octanol–water partition coefficient (Wildman–Crippen LogP) is 3.88. The van der Waals surface area contributed by atoms with Gasteiger partial charge in [-0.2, -0.15) is 0 Å². The fraction of sp³-hybridized carbons (Fsp3) is 0.300. The van der Waals surface area contributed by atoms with Gasteiger partial charge in [-0.25, -0.2) is 4.79 Å². The van der Waals surface area contributed by atoms with Crippen molar-refractivity contribution in [3.8, 4) is 0 Å². The zero-order chi connectivity index (χ0) is 18.0. The van der Waals surface area contributed by atoms with E-state index in [0.29, 0.717) is 6.54 Å². The first-order chi connectivity index (χ1) is 12.0. The maximum Gasteiger partial charge on any atom is 0.325 e. The van der Waals surface area contributed by atoms with Crippen LogP contribution in [0.1, 0.15) is 28.7 Å². The highest BCUT2D eigenvalue weighted by atomic mass is 79.9. The van der Waals surface area contributed by atoms with Crippen LogP contribution in [0.25, 0.3) is 0 Å². The number of amides is 3. The van der Waals surface area contributed by atoms with E-state index in [-0.39, 0.29) is 11.9 Å². The van der Waals surface area contributed by atoms with Crippen LogP contribution >= 0.6 is 15.9 Å². The zero-order valence-corrected chi connectivity index (χ0v) is 16.0. The van der Waals surface area contributed by atoms with Gasteiger partial charge in [0.2, 0.25) is 0 Å². The summed E-state index contributed by atoms with van der Waals surface area (Å²) in [4.78, 5) is 27.2. The summed E-state index contributed by atoms with van der Waals surface area (Å²) >= 11 is 3.36. The number of hydrogen-bond donors (Lipinski definition) is 1. The van der Waals surface area contributed by atoms with E-state index in [1.165, 1.54) is 4.90 Å². The van der Waals surface area contributed by atoms with Crippen molar-refractivity contribution in [2.24, 2.45) is 0 Å². The van der Waals surface area contributed by atoms with Gasteiger partial charge in [-0.15, -0.1) is 0 Å². The highest BCUT2D eigenvalue weighted by Crippen LogP contribution is 2.36. The number of urea groups is 1. The molecule has 3 rings (SSSR count). The minimum absolute atomic E-state index is 0.217. The van der Waals surface area contributed by atoms with E-state index in [2.05, 4.69) is 21.2 Å². The van der Waals surface area contributed by atoms with Crippen LogP contribution in [-0.2, 0) is 10.3 Å². The zero-order valence-electron chi connectivity index (χ0n) is 14.4. The second-order valence-corrected chi connectivity index (χ2v) is 7.20. The summed E-state index contributed by atoms with van der Waals surface area (Å²) in [6.07, 6.45) is 0.719.